The largest absolute Gasteiger partial charge is 0.278 e. The summed E-state index contributed by atoms with van der Waals surface area (Å²) in [6, 6.07) is 9.87. The highest BCUT2D eigenvalue weighted by Crippen LogP contribution is 2.17. The molecule has 0 aliphatic rings. The van der Waals surface area contributed by atoms with Gasteiger partial charge in [0.05, 0.1) is 16.8 Å². The molecule has 0 spiro atoms. The second kappa shape index (κ2) is 5.59. The lowest BCUT2D eigenvalue weighted by molar-refractivity contribution is 0.601. The first-order valence-electron chi connectivity index (χ1n) is 5.74. The van der Waals surface area contributed by atoms with Gasteiger partial charge in [-0.05, 0) is 36.2 Å². The molecule has 1 heterocycles. The molecular formula is C13H13ClN2O2S. The molecule has 0 saturated heterocycles. The van der Waals surface area contributed by atoms with Crippen molar-refractivity contribution in [2.75, 3.05) is 4.72 Å². The van der Waals surface area contributed by atoms with Crippen LogP contribution >= 0.6 is 11.6 Å². The third-order valence-corrected chi connectivity index (χ3v) is 4.24. The number of nitrogens with zero attached hydrogens (tertiary/aromatic N) is 1. The predicted octanol–water partition coefficient (Wildman–Crippen LogP) is 3.10. The van der Waals surface area contributed by atoms with Crippen LogP contribution in [0.2, 0.25) is 5.15 Å². The standard InChI is InChI=1S/C13H13ClN2O2S/c1-2-10-3-6-12(7-4-10)19(17,18)16-11-5-8-13(14)15-9-11/h3-9,16H,2H2,1H3. The summed E-state index contributed by atoms with van der Waals surface area (Å²) >= 11 is 5.64. The first kappa shape index (κ1) is 13.8. The summed E-state index contributed by atoms with van der Waals surface area (Å²) < 4.78 is 26.7. The number of sulfonamides is 1. The molecule has 4 nitrogen and oxygen atoms in total. The lowest BCUT2D eigenvalue weighted by atomic mass is 10.2. The average Bonchev–Trinajstić information content (AvgIpc) is 2.41. The van der Waals surface area contributed by atoms with E-state index >= 15 is 0 Å². The first-order chi connectivity index (χ1) is 9.01. The highest BCUT2D eigenvalue weighted by atomic mass is 35.5. The molecular weight excluding hydrogens is 284 g/mol. The highest BCUT2D eigenvalue weighted by molar-refractivity contribution is 7.92. The average molecular weight is 297 g/mol. The van der Waals surface area contributed by atoms with Crippen LogP contribution in [0.15, 0.2) is 47.5 Å². The molecule has 0 atom stereocenters. The van der Waals surface area contributed by atoms with E-state index in [-0.39, 0.29) is 4.90 Å². The topological polar surface area (TPSA) is 59.1 Å². The van der Waals surface area contributed by atoms with Crippen LogP contribution in [0.4, 0.5) is 5.69 Å². The van der Waals surface area contributed by atoms with E-state index in [0.29, 0.717) is 10.8 Å². The summed E-state index contributed by atoms with van der Waals surface area (Å²) in [7, 11) is -3.58. The molecule has 0 bridgehead atoms. The zero-order valence-electron chi connectivity index (χ0n) is 10.3. The number of hydrogen-bond acceptors (Lipinski definition) is 3. The van der Waals surface area contributed by atoms with Gasteiger partial charge in [0.2, 0.25) is 0 Å². The lowest BCUT2D eigenvalue weighted by Gasteiger charge is -2.08. The number of nitrogens with one attached hydrogen (secondary N) is 1. The van der Waals surface area contributed by atoms with Crippen molar-refractivity contribution in [3.8, 4) is 0 Å². The third-order valence-electron chi connectivity index (χ3n) is 2.62. The fourth-order valence-corrected chi connectivity index (χ4v) is 2.71. The zero-order chi connectivity index (χ0) is 13.9. The van der Waals surface area contributed by atoms with Gasteiger partial charge in [-0.25, -0.2) is 13.4 Å². The summed E-state index contributed by atoms with van der Waals surface area (Å²) in [6.07, 6.45) is 2.25. The summed E-state index contributed by atoms with van der Waals surface area (Å²) in [5.74, 6) is 0. The Hall–Kier alpha value is -1.59. The van der Waals surface area contributed by atoms with Crippen LogP contribution in [0, 0.1) is 0 Å². The number of halogens is 1. The summed E-state index contributed by atoms with van der Waals surface area (Å²) in [5, 5.41) is 0.315. The van der Waals surface area contributed by atoms with Crippen LogP contribution in [-0.2, 0) is 16.4 Å². The Kier molecular flexibility index (Phi) is 4.07. The minimum Gasteiger partial charge on any atom is -0.278 e. The minimum atomic E-state index is -3.58. The van der Waals surface area contributed by atoms with E-state index in [1.807, 2.05) is 6.92 Å². The molecule has 2 rings (SSSR count). The maximum absolute atomic E-state index is 12.1. The smallest absolute Gasteiger partial charge is 0.261 e. The van der Waals surface area contributed by atoms with Gasteiger partial charge in [-0.15, -0.1) is 0 Å². The van der Waals surface area contributed by atoms with Gasteiger partial charge in [0.1, 0.15) is 5.15 Å². The Labute approximate surface area is 117 Å². The van der Waals surface area contributed by atoms with Crippen LogP contribution < -0.4 is 4.72 Å². The molecule has 0 aliphatic carbocycles. The number of pyridine rings is 1. The monoisotopic (exact) mass is 296 g/mol. The van der Waals surface area contributed by atoms with Gasteiger partial charge in [0.15, 0.2) is 0 Å². The molecule has 0 unspecified atom stereocenters. The van der Waals surface area contributed by atoms with Gasteiger partial charge in [-0.1, -0.05) is 30.7 Å². The van der Waals surface area contributed by atoms with Crippen LogP contribution in [0.25, 0.3) is 0 Å². The Balaban J connectivity index is 2.24. The number of aromatic nitrogens is 1. The van der Waals surface area contributed by atoms with Crippen molar-refractivity contribution in [3.05, 3.63) is 53.3 Å². The molecule has 0 fully saturated rings. The number of anilines is 1. The fourth-order valence-electron chi connectivity index (χ4n) is 1.55. The van der Waals surface area contributed by atoms with Gasteiger partial charge in [-0.3, -0.25) is 4.72 Å². The Morgan fingerprint density at radius 1 is 1.16 bits per heavy atom. The molecule has 0 amide bonds. The molecule has 19 heavy (non-hydrogen) atoms. The maximum atomic E-state index is 12.1. The Bertz CT molecular complexity index is 652. The van der Waals surface area contributed by atoms with Crippen LogP contribution in [-0.4, -0.2) is 13.4 Å². The maximum Gasteiger partial charge on any atom is 0.261 e. The van der Waals surface area contributed by atoms with Crippen molar-refractivity contribution in [3.63, 3.8) is 0 Å². The second-order valence-corrected chi connectivity index (χ2v) is 6.04. The lowest BCUT2D eigenvalue weighted by Crippen LogP contribution is -2.13. The molecule has 100 valence electrons. The Morgan fingerprint density at radius 3 is 2.37 bits per heavy atom. The molecule has 2 aromatic rings. The van der Waals surface area contributed by atoms with Crippen molar-refractivity contribution in [2.45, 2.75) is 18.2 Å². The Morgan fingerprint density at radius 2 is 1.84 bits per heavy atom. The molecule has 6 heteroatoms. The number of rotatable bonds is 4. The van der Waals surface area contributed by atoms with E-state index < -0.39 is 10.0 Å². The van der Waals surface area contributed by atoms with Crippen molar-refractivity contribution < 1.29 is 8.42 Å². The van der Waals surface area contributed by atoms with Crippen molar-refractivity contribution >= 4 is 27.3 Å². The second-order valence-electron chi connectivity index (χ2n) is 3.97. The van der Waals surface area contributed by atoms with Gasteiger partial charge in [0, 0.05) is 0 Å². The number of benzene rings is 1. The normalized spacial score (nSPS) is 11.3. The fraction of sp³-hybridized carbons (Fsp3) is 0.154. The molecule has 0 saturated carbocycles. The predicted molar refractivity (Wildman–Crippen MR) is 75.9 cm³/mol. The van der Waals surface area contributed by atoms with Crippen molar-refractivity contribution in [2.24, 2.45) is 0 Å². The highest BCUT2D eigenvalue weighted by Gasteiger charge is 2.13. The van der Waals surface area contributed by atoms with Crippen LogP contribution in [0.5, 0.6) is 0 Å². The number of hydrogen-bond donors (Lipinski definition) is 1. The molecule has 1 N–H and O–H groups in total. The first-order valence-corrected chi connectivity index (χ1v) is 7.60. The van der Waals surface area contributed by atoms with Gasteiger partial charge in [-0.2, -0.15) is 0 Å². The van der Waals surface area contributed by atoms with Crippen molar-refractivity contribution in [1.82, 2.24) is 4.98 Å². The summed E-state index contributed by atoms with van der Waals surface area (Å²) in [5.41, 5.74) is 1.47. The van der Waals surface area contributed by atoms with Gasteiger partial charge < -0.3 is 0 Å². The van der Waals surface area contributed by atoms with E-state index in [9.17, 15) is 8.42 Å². The van der Waals surface area contributed by atoms with Crippen molar-refractivity contribution in [1.29, 1.82) is 0 Å². The minimum absolute atomic E-state index is 0.222. The summed E-state index contributed by atoms with van der Waals surface area (Å²) in [6.45, 7) is 2.02. The quantitative estimate of drug-likeness (QED) is 0.882. The van der Waals surface area contributed by atoms with E-state index in [2.05, 4.69) is 9.71 Å². The van der Waals surface area contributed by atoms with E-state index in [4.69, 9.17) is 11.6 Å². The molecule has 0 aliphatic heterocycles. The third kappa shape index (κ3) is 3.45. The molecule has 1 aromatic heterocycles. The van der Waals surface area contributed by atoms with Crippen LogP contribution in [0.1, 0.15) is 12.5 Å². The van der Waals surface area contributed by atoms with Gasteiger partial charge >= 0.3 is 0 Å². The van der Waals surface area contributed by atoms with E-state index in [1.54, 1.807) is 30.3 Å². The number of aryl methyl sites for hydroxylation is 1. The molecule has 0 radical (unpaired) electrons. The zero-order valence-corrected chi connectivity index (χ0v) is 11.9. The van der Waals surface area contributed by atoms with Crippen LogP contribution in [0.3, 0.4) is 0 Å². The summed E-state index contributed by atoms with van der Waals surface area (Å²) in [4.78, 5) is 4.04. The van der Waals surface area contributed by atoms with E-state index in [1.165, 1.54) is 12.3 Å². The SMILES string of the molecule is CCc1ccc(S(=O)(=O)Nc2ccc(Cl)nc2)cc1. The van der Waals surface area contributed by atoms with E-state index in [0.717, 1.165) is 12.0 Å². The van der Waals surface area contributed by atoms with Gasteiger partial charge in [0.25, 0.3) is 10.0 Å². The molecule has 1 aromatic carbocycles.